The molecule has 0 spiro atoms. The molecule has 0 aromatic rings. The van der Waals surface area contributed by atoms with E-state index < -0.39 is 20.0 Å². The van der Waals surface area contributed by atoms with E-state index in [1.165, 1.54) is 116 Å². The number of unbranched alkanes of at least 4 members (excludes halogenated alkanes) is 26. The Morgan fingerprint density at radius 2 is 0.859 bits per heavy atom. The predicted molar refractivity (Wildman–Crippen MR) is 305 cm³/mol. The summed E-state index contributed by atoms with van der Waals surface area (Å²) in [5, 5.41) is 3.03. The lowest BCUT2D eigenvalue weighted by molar-refractivity contribution is -0.870. The van der Waals surface area contributed by atoms with Gasteiger partial charge in [-0.05, 0) is 102 Å². The molecule has 0 rings (SSSR count). The second-order valence-electron chi connectivity index (χ2n) is 20.8. The van der Waals surface area contributed by atoms with E-state index in [1.807, 2.05) is 33.3 Å². The zero-order valence-corrected chi connectivity index (χ0v) is 47.8. The van der Waals surface area contributed by atoms with Gasteiger partial charge in [0.15, 0.2) is 0 Å². The van der Waals surface area contributed by atoms with Crippen molar-refractivity contribution in [3.8, 4) is 0 Å². The standard InChI is InChI=1S/C61H111N2O7P/c1-7-10-13-16-19-22-25-27-29-31-33-35-38-41-44-47-50-53-60(64)62-58(57-69-71(66,67)68-56-55-63(4,5)6)59(52-49-46-43-40-37-24-21-18-15-12-9-3)70-61(65)54-51-48-45-42-39-36-34-32-30-28-26-23-20-17-14-11-8-2/h19-20,22-23,27-30,33,35,49,52,58-59H,7-18,21,24-26,31-32,34,36-48,50-51,53-57H2,1-6H3,(H-,62,64,66,67)/p+1/b22-19-,23-20-,29-27-,30-28-,35-33-,52-49+. The number of phosphoric ester groups is 1. The molecule has 71 heavy (non-hydrogen) atoms. The minimum Gasteiger partial charge on any atom is -0.456 e. The van der Waals surface area contributed by atoms with Crippen LogP contribution in [0.4, 0.5) is 0 Å². The molecule has 412 valence electrons. The first-order valence-corrected chi connectivity index (χ1v) is 30.8. The van der Waals surface area contributed by atoms with Gasteiger partial charge in [-0.25, -0.2) is 4.57 Å². The van der Waals surface area contributed by atoms with Gasteiger partial charge in [0, 0.05) is 12.8 Å². The first kappa shape index (κ1) is 68.5. The molecular weight excluding hydrogens is 904 g/mol. The van der Waals surface area contributed by atoms with Gasteiger partial charge in [0.2, 0.25) is 5.91 Å². The fraction of sp³-hybridized carbons (Fsp3) is 0.770. The number of nitrogens with zero attached hydrogens (tertiary/aromatic N) is 1. The lowest BCUT2D eigenvalue weighted by atomic mass is 10.1. The Labute approximate surface area is 438 Å². The fourth-order valence-corrected chi connectivity index (χ4v) is 8.77. The Balaban J connectivity index is 5.35. The van der Waals surface area contributed by atoms with Gasteiger partial charge < -0.3 is 19.4 Å². The molecule has 0 heterocycles. The molecule has 3 atom stereocenters. The first-order valence-electron chi connectivity index (χ1n) is 29.3. The van der Waals surface area contributed by atoms with Crippen LogP contribution in [0.3, 0.4) is 0 Å². The Bertz CT molecular complexity index is 1450. The number of likely N-dealkylation sites (N-methyl/N-ethyl adjacent to an activating group) is 1. The van der Waals surface area contributed by atoms with E-state index in [4.69, 9.17) is 13.8 Å². The van der Waals surface area contributed by atoms with Crippen LogP contribution in [0.1, 0.15) is 252 Å². The number of esters is 1. The lowest BCUT2D eigenvalue weighted by Gasteiger charge is -2.27. The average molecular weight is 1020 g/mol. The zero-order valence-electron chi connectivity index (χ0n) is 47.0. The summed E-state index contributed by atoms with van der Waals surface area (Å²) in [5.41, 5.74) is 0. The first-order chi connectivity index (χ1) is 34.4. The predicted octanol–water partition coefficient (Wildman–Crippen LogP) is 17.7. The topological polar surface area (TPSA) is 111 Å². The molecule has 0 radical (unpaired) electrons. The molecule has 0 aliphatic heterocycles. The van der Waals surface area contributed by atoms with Crippen molar-refractivity contribution in [2.75, 3.05) is 40.9 Å². The molecule has 1 amide bonds. The van der Waals surface area contributed by atoms with E-state index in [-0.39, 0.29) is 31.5 Å². The number of carbonyl (C=O) groups is 2. The van der Waals surface area contributed by atoms with Gasteiger partial charge in [-0.1, -0.05) is 210 Å². The number of carbonyl (C=O) groups excluding carboxylic acids is 2. The molecule has 10 heteroatoms. The summed E-state index contributed by atoms with van der Waals surface area (Å²) < 4.78 is 30.6. The SMILES string of the molecule is CCCCC/C=C\C/C=C\C/C=C\CCCCCCC(=O)NC(COP(=O)(O)OCC[N+](C)(C)C)C(/C=C/CCCCCCCCCCC)OC(=O)CCCCCCCCC/C=C\C/C=C\CCCCC. The van der Waals surface area contributed by atoms with E-state index in [0.29, 0.717) is 17.4 Å². The maximum absolute atomic E-state index is 13.5. The maximum atomic E-state index is 13.5. The van der Waals surface area contributed by atoms with Gasteiger partial charge >= 0.3 is 13.8 Å². The van der Waals surface area contributed by atoms with Crippen LogP contribution in [-0.4, -0.2) is 74.3 Å². The normalized spacial score (nSPS) is 14.3. The van der Waals surface area contributed by atoms with Gasteiger partial charge in [0.25, 0.3) is 0 Å². The minimum absolute atomic E-state index is 0.0318. The minimum atomic E-state index is -4.45. The zero-order chi connectivity index (χ0) is 52.2. The van der Waals surface area contributed by atoms with Crippen molar-refractivity contribution >= 4 is 19.7 Å². The molecule has 0 aromatic heterocycles. The fourth-order valence-electron chi connectivity index (χ4n) is 8.03. The van der Waals surface area contributed by atoms with Crippen molar-refractivity contribution in [3.63, 3.8) is 0 Å². The van der Waals surface area contributed by atoms with Gasteiger partial charge in [-0.3, -0.25) is 18.6 Å². The van der Waals surface area contributed by atoms with Crippen molar-refractivity contribution < 1.29 is 37.3 Å². The average Bonchev–Trinajstić information content (AvgIpc) is 3.33. The Kier molecular flexibility index (Phi) is 49.1. The highest BCUT2D eigenvalue weighted by Crippen LogP contribution is 2.43. The van der Waals surface area contributed by atoms with Gasteiger partial charge in [-0.2, -0.15) is 0 Å². The third-order valence-corrected chi connectivity index (χ3v) is 13.6. The van der Waals surface area contributed by atoms with E-state index in [1.54, 1.807) is 0 Å². The van der Waals surface area contributed by atoms with E-state index >= 15 is 0 Å². The number of allylic oxidation sites excluding steroid dienone is 11. The number of nitrogens with one attached hydrogen (secondary N) is 1. The third-order valence-electron chi connectivity index (χ3n) is 12.6. The quantitative estimate of drug-likeness (QED) is 0.0205. The van der Waals surface area contributed by atoms with Crippen LogP contribution in [0, 0.1) is 0 Å². The van der Waals surface area contributed by atoms with Crippen molar-refractivity contribution in [3.05, 3.63) is 72.9 Å². The van der Waals surface area contributed by atoms with Crippen LogP contribution in [-0.2, 0) is 27.9 Å². The number of quaternary nitrogens is 1. The van der Waals surface area contributed by atoms with Crippen LogP contribution in [0.15, 0.2) is 72.9 Å². The highest BCUT2D eigenvalue weighted by atomic mass is 31.2. The summed E-state index contributed by atoms with van der Waals surface area (Å²) >= 11 is 0. The highest BCUT2D eigenvalue weighted by molar-refractivity contribution is 7.47. The van der Waals surface area contributed by atoms with Crippen LogP contribution < -0.4 is 5.32 Å². The van der Waals surface area contributed by atoms with Crippen LogP contribution in [0.5, 0.6) is 0 Å². The number of phosphoric acid groups is 1. The summed E-state index contributed by atoms with van der Waals surface area (Å²) in [4.78, 5) is 37.6. The largest absolute Gasteiger partial charge is 0.472 e. The van der Waals surface area contributed by atoms with E-state index in [0.717, 1.165) is 103 Å². The number of ether oxygens (including phenoxy) is 1. The Morgan fingerprint density at radius 1 is 0.493 bits per heavy atom. The molecule has 0 fully saturated rings. The van der Waals surface area contributed by atoms with E-state index in [9.17, 15) is 19.0 Å². The van der Waals surface area contributed by atoms with Crippen LogP contribution >= 0.6 is 7.82 Å². The number of amides is 1. The molecule has 0 aromatic carbocycles. The van der Waals surface area contributed by atoms with Crippen molar-refractivity contribution in [1.82, 2.24) is 5.32 Å². The van der Waals surface area contributed by atoms with Crippen LogP contribution in [0.2, 0.25) is 0 Å². The molecule has 0 aliphatic rings. The monoisotopic (exact) mass is 1020 g/mol. The molecule has 0 saturated heterocycles. The second kappa shape index (κ2) is 51.0. The van der Waals surface area contributed by atoms with Crippen molar-refractivity contribution in [2.45, 2.75) is 264 Å². The van der Waals surface area contributed by atoms with E-state index in [2.05, 4.69) is 86.8 Å². The molecule has 9 nitrogen and oxygen atoms in total. The number of hydrogen-bond acceptors (Lipinski definition) is 6. The number of rotatable bonds is 52. The molecule has 3 unspecified atom stereocenters. The van der Waals surface area contributed by atoms with Gasteiger partial charge in [-0.15, -0.1) is 0 Å². The lowest BCUT2D eigenvalue weighted by Crippen LogP contribution is -2.47. The van der Waals surface area contributed by atoms with Gasteiger partial charge in [0.1, 0.15) is 19.3 Å². The summed E-state index contributed by atoms with van der Waals surface area (Å²) in [5.74, 6) is -0.541. The molecule has 0 saturated carbocycles. The second-order valence-corrected chi connectivity index (χ2v) is 22.3. The summed E-state index contributed by atoms with van der Waals surface area (Å²) in [6.07, 6.45) is 64.6. The molecule has 2 N–H and O–H groups in total. The van der Waals surface area contributed by atoms with Gasteiger partial charge in [0.05, 0.1) is 33.8 Å². The smallest absolute Gasteiger partial charge is 0.456 e. The number of hydrogen-bond donors (Lipinski definition) is 2. The summed E-state index contributed by atoms with van der Waals surface area (Å²) in [7, 11) is 1.47. The molecule has 0 aliphatic carbocycles. The third kappa shape index (κ3) is 52.1. The van der Waals surface area contributed by atoms with Crippen molar-refractivity contribution in [2.24, 2.45) is 0 Å². The molecule has 0 bridgehead atoms. The van der Waals surface area contributed by atoms with Crippen LogP contribution in [0.25, 0.3) is 0 Å². The summed E-state index contributed by atoms with van der Waals surface area (Å²) in [6.45, 7) is 6.92. The Morgan fingerprint density at radius 3 is 1.31 bits per heavy atom. The Hall–Kier alpha value is -2.55. The summed E-state index contributed by atoms with van der Waals surface area (Å²) in [6, 6.07) is -0.865. The van der Waals surface area contributed by atoms with Crippen molar-refractivity contribution in [1.29, 1.82) is 0 Å². The molecular formula is C61H112N2O7P+. The highest BCUT2D eigenvalue weighted by Gasteiger charge is 2.30. The maximum Gasteiger partial charge on any atom is 0.472 e.